The van der Waals surface area contributed by atoms with E-state index in [-0.39, 0.29) is 29.6 Å². The molecule has 22 nitrogen and oxygen atoms in total. The van der Waals surface area contributed by atoms with Crippen molar-refractivity contribution in [1.29, 1.82) is 0 Å². The summed E-state index contributed by atoms with van der Waals surface area (Å²) in [6, 6.07) is 54.6. The van der Waals surface area contributed by atoms with Gasteiger partial charge in [0.15, 0.2) is 40.6 Å². The average Bonchev–Trinajstić information content (AvgIpc) is 1.43. The molecule has 10 aromatic rings. The molecule has 6 aromatic carbocycles. The minimum Gasteiger partial charge on any atom is -0.497 e. The Kier molecular flexibility index (Phi) is 18.9. The van der Waals surface area contributed by atoms with Crippen molar-refractivity contribution in [2.24, 2.45) is 5.92 Å². The number of aromatic amines is 1. The summed E-state index contributed by atoms with van der Waals surface area (Å²) in [5.41, 5.74) is 2.23. The van der Waals surface area contributed by atoms with Gasteiger partial charge in [0.2, 0.25) is 5.95 Å². The molecule has 0 aliphatic carbocycles. The van der Waals surface area contributed by atoms with Crippen molar-refractivity contribution in [3.63, 3.8) is 0 Å². The lowest BCUT2D eigenvalue weighted by Gasteiger charge is -2.45. The highest BCUT2D eigenvalue weighted by Crippen LogP contribution is 2.52. The Balaban J connectivity index is 0.914. The van der Waals surface area contributed by atoms with Crippen LogP contribution in [0.4, 0.5) is 11.8 Å². The van der Waals surface area contributed by atoms with Crippen LogP contribution >= 0.6 is 7.60 Å². The predicted octanol–water partition coefficient (Wildman–Crippen LogP) is 9.35. The van der Waals surface area contributed by atoms with Gasteiger partial charge in [-0.1, -0.05) is 180 Å². The first-order valence-corrected chi connectivity index (χ1v) is 34.8. The summed E-state index contributed by atoms with van der Waals surface area (Å²) in [5.74, 6) is 2.12. The summed E-state index contributed by atoms with van der Waals surface area (Å²) in [5, 5.41) is 33.8. The fourth-order valence-corrected chi connectivity index (χ4v) is 18.4. The molecule has 93 heavy (non-hydrogen) atoms. The number of ether oxygens (including phenoxy) is 5. The van der Waals surface area contributed by atoms with Crippen LogP contribution in [0, 0.1) is 5.92 Å². The molecule has 2 saturated heterocycles. The molecular weight excluding hydrogens is 1220 g/mol. The minimum atomic E-state index is -4.40. The molecule has 2 fully saturated rings. The van der Waals surface area contributed by atoms with Crippen molar-refractivity contribution >= 4 is 60.4 Å². The molecule has 6 heterocycles. The Morgan fingerprint density at radius 2 is 1.16 bits per heavy atom. The summed E-state index contributed by atoms with van der Waals surface area (Å²) >= 11 is 0. The third-order valence-electron chi connectivity index (χ3n) is 17.1. The van der Waals surface area contributed by atoms with Gasteiger partial charge in [-0.25, -0.2) is 19.9 Å². The molecular formula is C69H77N10O12PSi. The van der Waals surface area contributed by atoms with Gasteiger partial charge in [-0.3, -0.25) is 28.0 Å². The molecule has 0 spiro atoms. The number of nitrogens with one attached hydrogen (secondary N) is 3. The Morgan fingerprint density at radius 1 is 0.645 bits per heavy atom. The van der Waals surface area contributed by atoms with Crippen molar-refractivity contribution in [3.05, 3.63) is 221 Å². The van der Waals surface area contributed by atoms with Crippen LogP contribution in [0.2, 0.25) is 5.04 Å². The number of rotatable bonds is 25. The van der Waals surface area contributed by atoms with E-state index in [1.807, 2.05) is 159 Å². The Morgan fingerprint density at radius 3 is 1.72 bits per heavy atom. The number of benzene rings is 6. The van der Waals surface area contributed by atoms with E-state index in [9.17, 15) is 15.0 Å². The van der Waals surface area contributed by atoms with Gasteiger partial charge in [-0.05, 0) is 67.8 Å². The third kappa shape index (κ3) is 13.0. The fraction of sp³-hybridized carbons (Fsp3) is 0.333. The number of anilines is 2. The van der Waals surface area contributed by atoms with Crippen molar-refractivity contribution in [1.82, 2.24) is 39.0 Å². The lowest BCUT2D eigenvalue weighted by molar-refractivity contribution is -0.0933. The SMILES string of the molecule is COc1ccc(C(OC[C@H]2O[C@@H](n3cnc4c(=O)[nH]c(NCC(C)C)nc43)[C@H](O)[C@@H]2OP(C)(=O)OC[C@H]2O[C@@H](n3cnc4c(NCc5ccccc5)ncnc43)[C@H](O)[C@@H]2O[Si](c2ccccc2)(c2ccccc2)C(C)(C)C)(c2ccccc2)c2ccc(OC)cc2)cc1. The van der Waals surface area contributed by atoms with E-state index in [2.05, 4.69) is 75.6 Å². The van der Waals surface area contributed by atoms with Gasteiger partial charge >= 0.3 is 7.60 Å². The number of aliphatic hydroxyl groups is 2. The van der Waals surface area contributed by atoms with Gasteiger partial charge in [0, 0.05) is 19.8 Å². The van der Waals surface area contributed by atoms with Crippen LogP contribution in [-0.2, 0) is 44.4 Å². The van der Waals surface area contributed by atoms with E-state index in [1.165, 1.54) is 23.9 Å². The number of hydrogen-bond acceptors (Lipinski definition) is 19. The molecule has 4 aromatic heterocycles. The summed E-state index contributed by atoms with van der Waals surface area (Å²) in [6.45, 7) is 12.0. The largest absolute Gasteiger partial charge is 0.497 e. The van der Waals surface area contributed by atoms with Crippen LogP contribution in [-0.4, -0.2) is 135 Å². The van der Waals surface area contributed by atoms with Crippen molar-refractivity contribution in [2.45, 2.75) is 101 Å². The molecule has 0 radical (unpaired) electrons. The first kappa shape index (κ1) is 64.6. The molecule has 24 heteroatoms. The van der Waals surface area contributed by atoms with Gasteiger partial charge in [0.25, 0.3) is 13.9 Å². The monoisotopic (exact) mass is 1300 g/mol. The first-order chi connectivity index (χ1) is 44.9. The topological polar surface area (TPSA) is 263 Å². The van der Waals surface area contributed by atoms with Crippen molar-refractivity contribution in [2.75, 3.05) is 51.3 Å². The Hall–Kier alpha value is -8.45. The molecule has 484 valence electrons. The molecule has 0 bridgehead atoms. The van der Waals surface area contributed by atoms with E-state index in [4.69, 9.17) is 47.1 Å². The zero-order valence-electron chi connectivity index (χ0n) is 53.0. The highest BCUT2D eigenvalue weighted by Gasteiger charge is 2.57. The van der Waals surface area contributed by atoms with Gasteiger partial charge < -0.3 is 53.5 Å². The minimum absolute atomic E-state index is 0.00660. The van der Waals surface area contributed by atoms with Crippen LogP contribution in [0.25, 0.3) is 22.3 Å². The van der Waals surface area contributed by atoms with E-state index in [0.717, 1.165) is 21.5 Å². The third-order valence-corrected chi connectivity index (χ3v) is 23.4. The maximum absolute atomic E-state index is 15.6. The van der Waals surface area contributed by atoms with Crippen LogP contribution in [0.15, 0.2) is 194 Å². The first-order valence-electron chi connectivity index (χ1n) is 30.9. The molecule has 1 unspecified atom stereocenters. The number of methoxy groups -OCH3 is 2. The second-order valence-electron chi connectivity index (χ2n) is 24.7. The molecule has 0 amide bonds. The van der Waals surface area contributed by atoms with E-state index < -0.39 is 87.8 Å². The van der Waals surface area contributed by atoms with Crippen LogP contribution in [0.5, 0.6) is 11.5 Å². The van der Waals surface area contributed by atoms with Crippen molar-refractivity contribution < 1.29 is 51.9 Å². The van der Waals surface area contributed by atoms with Gasteiger partial charge in [-0.2, -0.15) is 4.98 Å². The highest BCUT2D eigenvalue weighted by atomic mass is 31.2. The number of nitrogens with zero attached hydrogens (tertiary/aromatic N) is 7. The Labute approximate surface area is 539 Å². The zero-order chi connectivity index (χ0) is 65.1. The quantitative estimate of drug-likeness (QED) is 0.0203. The molecule has 2 aliphatic rings. The van der Waals surface area contributed by atoms with E-state index in [0.29, 0.717) is 52.7 Å². The summed E-state index contributed by atoms with van der Waals surface area (Å²) < 4.78 is 72.1. The van der Waals surface area contributed by atoms with Crippen LogP contribution in [0.3, 0.4) is 0 Å². The lowest BCUT2D eigenvalue weighted by Crippen LogP contribution is -2.69. The van der Waals surface area contributed by atoms with Gasteiger partial charge in [0.1, 0.15) is 60.1 Å². The second-order valence-corrected chi connectivity index (χ2v) is 31.0. The number of fused-ring (bicyclic) bond motifs is 2. The number of imidazole rings is 2. The molecule has 2 aliphatic heterocycles. The molecule has 12 rings (SSSR count). The molecule has 0 saturated carbocycles. The molecule has 9 atom stereocenters. The van der Waals surface area contributed by atoms with E-state index in [1.54, 1.807) is 25.1 Å². The predicted molar refractivity (Wildman–Crippen MR) is 356 cm³/mol. The number of H-pyrrole nitrogens is 1. The molecule has 5 N–H and O–H groups in total. The van der Waals surface area contributed by atoms with Crippen molar-refractivity contribution in [3.8, 4) is 11.5 Å². The van der Waals surface area contributed by atoms with Gasteiger partial charge in [-0.15, -0.1) is 0 Å². The zero-order valence-corrected chi connectivity index (χ0v) is 54.9. The van der Waals surface area contributed by atoms with Crippen LogP contribution in [0.1, 0.15) is 69.3 Å². The second kappa shape index (κ2) is 27.2. The normalized spacial score (nSPS) is 20.9. The average molecular weight is 1300 g/mol. The summed E-state index contributed by atoms with van der Waals surface area (Å²) in [6.07, 6.45) is -6.15. The smallest absolute Gasteiger partial charge is 0.328 e. The van der Waals surface area contributed by atoms with E-state index >= 15 is 4.57 Å². The Bertz CT molecular complexity index is 4160. The maximum Gasteiger partial charge on any atom is 0.328 e. The highest BCUT2D eigenvalue weighted by molar-refractivity contribution is 7.53. The number of aromatic nitrogens is 8. The number of aliphatic hydroxyl groups excluding tert-OH is 2. The summed E-state index contributed by atoms with van der Waals surface area (Å²) in [7, 11) is -4.70. The summed E-state index contributed by atoms with van der Waals surface area (Å²) in [4.78, 5) is 39.5. The lowest BCUT2D eigenvalue weighted by atomic mass is 9.80. The number of hydrogen-bond donors (Lipinski definition) is 5. The van der Waals surface area contributed by atoms with Crippen LogP contribution < -0.4 is 36.0 Å². The maximum atomic E-state index is 15.6. The fourth-order valence-electron chi connectivity index (χ4n) is 12.5. The standard InChI is InChI=1S/C69H77N10O12PSi/c1-44(2)37-71-67-76-63-56(64(82)77-67)75-43-79(63)65-57(80)59(53(88-65)39-86-69(46-23-15-10-16-24-46,47-29-33-49(84-6)34-30-47)48-31-35-50(85-7)36-32-48)90-92(8,83)87-40-54-60(91-93(68(3,4)5,51-25-17-11-18-26-51)52-27-19-12-20-28-52)58(81)66(89-54)78-42-74-55-61(72-41-73-62(55)78)70-38-45-21-13-9-14-22-45/h9-36,41-44,53-54,57-60,65-66,80-81H,37-40H2,1-8H3,(H,70,72,73)(H2,71,76,77,82)/t53-,54-,57-,58-,59-,60-,65-,66-,92?/m1/s1. The van der Waals surface area contributed by atoms with Gasteiger partial charge in [0.05, 0.1) is 40.1 Å².